The van der Waals surface area contributed by atoms with Crippen LogP contribution in [0.3, 0.4) is 0 Å². The van der Waals surface area contributed by atoms with Crippen LogP contribution in [0.25, 0.3) is 5.57 Å². The van der Waals surface area contributed by atoms with Gasteiger partial charge in [-0.15, -0.1) is 0 Å². The summed E-state index contributed by atoms with van der Waals surface area (Å²) in [6.45, 7) is 4.19. The molecule has 1 aromatic rings. The second-order valence-corrected chi connectivity index (χ2v) is 2.90. The topological polar surface area (TPSA) is 29.5 Å². The van der Waals surface area contributed by atoms with Gasteiger partial charge in [-0.1, -0.05) is 18.7 Å². The molecule has 0 atom stereocenters. The minimum Gasteiger partial charge on any atom is -0.508 e. The van der Waals surface area contributed by atoms with Gasteiger partial charge in [0.2, 0.25) is 0 Å². The van der Waals surface area contributed by atoms with Crippen LogP contribution in [-0.4, -0.2) is 11.7 Å². The number of ether oxygens (including phenoxy) is 1. The number of benzene rings is 1. The molecule has 0 bridgehead atoms. The lowest BCUT2D eigenvalue weighted by atomic mass is 10.1. The van der Waals surface area contributed by atoms with E-state index in [4.69, 9.17) is 4.74 Å². The van der Waals surface area contributed by atoms with Crippen LogP contribution < -0.4 is 4.74 Å². The Morgan fingerprint density at radius 1 is 1.46 bits per heavy atom. The smallest absolute Gasteiger partial charge is 0.127 e. The Bertz CT molecular complexity index is 378. The first-order valence-corrected chi connectivity index (χ1v) is 4.09. The standard InChI is InChI=1S/C11H10O2/c1-2-3-8-7-13-11-5-4-9(12)6-10(8)11/h2-6,12H,1,7H2. The molecule has 13 heavy (non-hydrogen) atoms. The van der Waals surface area contributed by atoms with E-state index in [-0.39, 0.29) is 5.75 Å². The van der Waals surface area contributed by atoms with Crippen molar-refractivity contribution in [1.29, 1.82) is 0 Å². The molecule has 1 aliphatic heterocycles. The van der Waals surface area contributed by atoms with Gasteiger partial charge in [0.15, 0.2) is 0 Å². The van der Waals surface area contributed by atoms with E-state index in [9.17, 15) is 5.11 Å². The van der Waals surface area contributed by atoms with Crippen LogP contribution in [0.1, 0.15) is 5.56 Å². The van der Waals surface area contributed by atoms with Gasteiger partial charge in [-0.25, -0.2) is 0 Å². The SMILES string of the molecule is C=CC=C1COc2ccc(O)cc21. The van der Waals surface area contributed by atoms with Crippen LogP contribution in [0.5, 0.6) is 11.5 Å². The molecule has 0 saturated carbocycles. The van der Waals surface area contributed by atoms with Crippen molar-refractivity contribution in [3.8, 4) is 11.5 Å². The zero-order chi connectivity index (χ0) is 9.26. The molecule has 2 heteroatoms. The van der Waals surface area contributed by atoms with Crippen molar-refractivity contribution in [1.82, 2.24) is 0 Å². The quantitative estimate of drug-likeness (QED) is 0.708. The van der Waals surface area contributed by atoms with Gasteiger partial charge in [-0.05, 0) is 18.2 Å². The third-order valence-corrected chi connectivity index (χ3v) is 2.01. The first kappa shape index (κ1) is 7.92. The number of hydrogen-bond acceptors (Lipinski definition) is 2. The Kier molecular flexibility index (Phi) is 1.81. The molecule has 1 aliphatic rings. The monoisotopic (exact) mass is 174 g/mol. The molecule has 0 amide bonds. The second kappa shape index (κ2) is 2.98. The van der Waals surface area contributed by atoms with E-state index in [1.807, 2.05) is 6.08 Å². The largest absolute Gasteiger partial charge is 0.508 e. The molecule has 0 aromatic heterocycles. The minimum absolute atomic E-state index is 0.263. The number of hydrogen-bond donors (Lipinski definition) is 1. The Morgan fingerprint density at radius 3 is 3.08 bits per heavy atom. The number of aromatic hydroxyl groups is 1. The average molecular weight is 174 g/mol. The van der Waals surface area contributed by atoms with E-state index >= 15 is 0 Å². The maximum absolute atomic E-state index is 9.27. The highest BCUT2D eigenvalue weighted by Gasteiger charge is 2.16. The van der Waals surface area contributed by atoms with Crippen molar-refractivity contribution < 1.29 is 9.84 Å². The highest BCUT2D eigenvalue weighted by Crippen LogP contribution is 2.35. The fourth-order valence-electron chi connectivity index (χ4n) is 1.41. The molecular weight excluding hydrogens is 164 g/mol. The number of allylic oxidation sites excluding steroid dienone is 2. The first-order chi connectivity index (χ1) is 6.31. The molecule has 0 spiro atoms. The van der Waals surface area contributed by atoms with Crippen LogP contribution in [0.4, 0.5) is 0 Å². The molecule has 0 fully saturated rings. The van der Waals surface area contributed by atoms with Crippen LogP contribution in [0.15, 0.2) is 36.9 Å². The second-order valence-electron chi connectivity index (χ2n) is 2.90. The summed E-state index contributed by atoms with van der Waals surface area (Å²) in [6, 6.07) is 5.10. The van der Waals surface area contributed by atoms with E-state index in [1.54, 1.807) is 24.3 Å². The highest BCUT2D eigenvalue weighted by molar-refractivity contribution is 5.76. The number of phenols is 1. The summed E-state index contributed by atoms with van der Waals surface area (Å²) in [5.74, 6) is 1.09. The van der Waals surface area contributed by atoms with Crippen LogP contribution >= 0.6 is 0 Å². The van der Waals surface area contributed by atoms with Gasteiger partial charge in [0, 0.05) is 11.1 Å². The molecule has 2 nitrogen and oxygen atoms in total. The summed E-state index contributed by atoms with van der Waals surface area (Å²) in [7, 11) is 0. The van der Waals surface area contributed by atoms with Crippen molar-refractivity contribution in [2.45, 2.75) is 0 Å². The summed E-state index contributed by atoms with van der Waals surface area (Å²) < 4.78 is 5.39. The molecule has 0 unspecified atom stereocenters. The fraction of sp³-hybridized carbons (Fsp3) is 0.0909. The van der Waals surface area contributed by atoms with E-state index in [2.05, 4.69) is 6.58 Å². The average Bonchev–Trinajstić information content (AvgIpc) is 2.49. The number of rotatable bonds is 1. The predicted molar refractivity (Wildman–Crippen MR) is 51.8 cm³/mol. The van der Waals surface area contributed by atoms with Gasteiger partial charge >= 0.3 is 0 Å². The molecule has 2 rings (SSSR count). The lowest BCUT2D eigenvalue weighted by Gasteiger charge is -1.97. The van der Waals surface area contributed by atoms with Crippen LogP contribution in [0.2, 0.25) is 0 Å². The van der Waals surface area contributed by atoms with E-state index < -0.39 is 0 Å². The Morgan fingerprint density at radius 2 is 2.31 bits per heavy atom. The molecule has 1 aromatic carbocycles. The lowest BCUT2D eigenvalue weighted by Crippen LogP contribution is -1.86. The van der Waals surface area contributed by atoms with Crippen molar-refractivity contribution in [2.75, 3.05) is 6.61 Å². The Hall–Kier alpha value is -1.70. The van der Waals surface area contributed by atoms with E-state index in [1.165, 1.54) is 0 Å². The Balaban J connectivity index is 2.52. The minimum atomic E-state index is 0.263. The number of fused-ring (bicyclic) bond motifs is 1. The third kappa shape index (κ3) is 1.31. The highest BCUT2D eigenvalue weighted by atomic mass is 16.5. The van der Waals surface area contributed by atoms with Crippen molar-refractivity contribution in [3.63, 3.8) is 0 Å². The van der Waals surface area contributed by atoms with Crippen LogP contribution in [0, 0.1) is 0 Å². The molecule has 0 radical (unpaired) electrons. The maximum atomic E-state index is 9.27. The van der Waals surface area contributed by atoms with Crippen molar-refractivity contribution in [2.24, 2.45) is 0 Å². The molecule has 0 aliphatic carbocycles. The predicted octanol–water partition coefficient (Wildman–Crippen LogP) is 2.35. The molecule has 66 valence electrons. The van der Waals surface area contributed by atoms with Gasteiger partial charge in [0.05, 0.1) is 0 Å². The Labute approximate surface area is 76.8 Å². The normalized spacial score (nSPS) is 16.8. The summed E-state index contributed by atoms with van der Waals surface area (Å²) in [5, 5.41) is 9.27. The summed E-state index contributed by atoms with van der Waals surface area (Å²) >= 11 is 0. The summed E-state index contributed by atoms with van der Waals surface area (Å²) in [4.78, 5) is 0. The summed E-state index contributed by atoms with van der Waals surface area (Å²) in [5.41, 5.74) is 2.01. The number of phenolic OH excluding ortho intramolecular Hbond substituents is 1. The van der Waals surface area contributed by atoms with Crippen molar-refractivity contribution in [3.05, 3.63) is 42.5 Å². The summed E-state index contributed by atoms with van der Waals surface area (Å²) in [6.07, 6.45) is 3.61. The van der Waals surface area contributed by atoms with Gasteiger partial charge in [-0.3, -0.25) is 0 Å². The van der Waals surface area contributed by atoms with E-state index in [0.717, 1.165) is 16.9 Å². The first-order valence-electron chi connectivity index (χ1n) is 4.09. The van der Waals surface area contributed by atoms with Crippen molar-refractivity contribution >= 4 is 5.57 Å². The fourth-order valence-corrected chi connectivity index (χ4v) is 1.41. The third-order valence-electron chi connectivity index (χ3n) is 2.01. The zero-order valence-electron chi connectivity index (χ0n) is 7.16. The van der Waals surface area contributed by atoms with Gasteiger partial charge in [-0.2, -0.15) is 0 Å². The maximum Gasteiger partial charge on any atom is 0.127 e. The van der Waals surface area contributed by atoms with Gasteiger partial charge in [0.1, 0.15) is 18.1 Å². The van der Waals surface area contributed by atoms with Crippen LogP contribution in [-0.2, 0) is 0 Å². The van der Waals surface area contributed by atoms with Gasteiger partial charge in [0.25, 0.3) is 0 Å². The zero-order valence-corrected chi connectivity index (χ0v) is 7.16. The lowest BCUT2D eigenvalue weighted by molar-refractivity contribution is 0.387. The molecule has 1 heterocycles. The molecule has 0 saturated heterocycles. The molecular formula is C11H10O2. The van der Waals surface area contributed by atoms with E-state index in [0.29, 0.717) is 6.61 Å². The molecule has 1 N–H and O–H groups in total. The van der Waals surface area contributed by atoms with Gasteiger partial charge < -0.3 is 9.84 Å².